The molecule has 0 bridgehead atoms. The van der Waals surface area contributed by atoms with E-state index in [9.17, 15) is 10.1 Å². The van der Waals surface area contributed by atoms with Gasteiger partial charge < -0.3 is 5.32 Å². The van der Waals surface area contributed by atoms with Gasteiger partial charge in [-0.25, -0.2) is 0 Å². The van der Waals surface area contributed by atoms with E-state index in [1.807, 2.05) is 6.07 Å². The van der Waals surface area contributed by atoms with Gasteiger partial charge in [0.1, 0.15) is 0 Å². The molecule has 0 unspecified atom stereocenters. The molecule has 0 aliphatic heterocycles. The van der Waals surface area contributed by atoms with Crippen molar-refractivity contribution in [2.24, 2.45) is 0 Å². The van der Waals surface area contributed by atoms with Gasteiger partial charge in [0.15, 0.2) is 0 Å². The van der Waals surface area contributed by atoms with Crippen molar-refractivity contribution in [3.8, 4) is 0 Å². The van der Waals surface area contributed by atoms with Gasteiger partial charge in [0.05, 0.1) is 4.92 Å². The number of nitrogens with one attached hydrogen (secondary N) is 1. The van der Waals surface area contributed by atoms with E-state index in [0.29, 0.717) is 6.54 Å². The fourth-order valence-corrected chi connectivity index (χ4v) is 2.81. The van der Waals surface area contributed by atoms with Crippen molar-refractivity contribution in [3.05, 3.63) is 50.0 Å². The number of nitro groups is 1. The van der Waals surface area contributed by atoms with Gasteiger partial charge in [0.25, 0.3) is 5.69 Å². The number of rotatable bonds is 6. The van der Waals surface area contributed by atoms with E-state index >= 15 is 0 Å². The van der Waals surface area contributed by atoms with E-state index in [1.54, 1.807) is 12.1 Å². The summed E-state index contributed by atoms with van der Waals surface area (Å²) in [4.78, 5) is 10.7. The zero-order valence-electron chi connectivity index (χ0n) is 11.4. The van der Waals surface area contributed by atoms with Crippen LogP contribution >= 0.6 is 15.9 Å². The smallest absolute Gasteiger partial charge is 0.275 e. The van der Waals surface area contributed by atoms with E-state index in [2.05, 4.69) is 27.3 Å². The van der Waals surface area contributed by atoms with Crippen LogP contribution in [-0.4, -0.2) is 11.5 Å². The Morgan fingerprint density at radius 1 is 1.35 bits per heavy atom. The summed E-state index contributed by atoms with van der Waals surface area (Å²) in [7, 11) is 0. The SMILES string of the molecule is O=[N+]([O-])c1cc(Br)ccc1CNCCC1=CCCCC1. The summed E-state index contributed by atoms with van der Waals surface area (Å²) in [5.74, 6) is 0. The van der Waals surface area contributed by atoms with E-state index in [0.717, 1.165) is 23.0 Å². The number of nitro benzene ring substituents is 1. The van der Waals surface area contributed by atoms with Crippen molar-refractivity contribution >= 4 is 21.6 Å². The standard InChI is InChI=1S/C15H19BrN2O2/c16-14-7-6-13(15(10-14)18(19)20)11-17-9-8-12-4-2-1-3-5-12/h4,6-7,10,17H,1-3,5,8-9,11H2. The maximum Gasteiger partial charge on any atom is 0.275 e. The number of allylic oxidation sites excluding steroid dienone is 1. The van der Waals surface area contributed by atoms with Gasteiger partial charge in [0, 0.05) is 22.6 Å². The molecule has 0 saturated heterocycles. The lowest BCUT2D eigenvalue weighted by Crippen LogP contribution is -2.16. The average molecular weight is 339 g/mol. The predicted molar refractivity (Wildman–Crippen MR) is 83.7 cm³/mol. The highest BCUT2D eigenvalue weighted by molar-refractivity contribution is 9.10. The lowest BCUT2D eigenvalue weighted by atomic mass is 9.97. The molecule has 0 heterocycles. The molecule has 2 rings (SSSR count). The lowest BCUT2D eigenvalue weighted by molar-refractivity contribution is -0.385. The number of hydrogen-bond acceptors (Lipinski definition) is 3. The highest BCUT2D eigenvalue weighted by Crippen LogP contribution is 2.23. The molecule has 20 heavy (non-hydrogen) atoms. The minimum Gasteiger partial charge on any atom is -0.312 e. The predicted octanol–water partition coefficient (Wildman–Crippen LogP) is 4.34. The molecule has 1 aliphatic carbocycles. The molecule has 0 fully saturated rings. The quantitative estimate of drug-likeness (QED) is 0.363. The molecule has 1 aromatic rings. The monoisotopic (exact) mass is 338 g/mol. The van der Waals surface area contributed by atoms with E-state index < -0.39 is 0 Å². The molecule has 108 valence electrons. The first-order valence-corrected chi connectivity index (χ1v) is 7.77. The first-order chi connectivity index (χ1) is 9.66. The van der Waals surface area contributed by atoms with E-state index in [1.165, 1.54) is 31.3 Å². The molecule has 1 aromatic carbocycles. The van der Waals surface area contributed by atoms with Crippen molar-refractivity contribution in [3.63, 3.8) is 0 Å². The average Bonchev–Trinajstić information content (AvgIpc) is 2.45. The first-order valence-electron chi connectivity index (χ1n) is 6.98. The van der Waals surface area contributed by atoms with Crippen LogP contribution in [0.2, 0.25) is 0 Å². The van der Waals surface area contributed by atoms with Crippen LogP contribution < -0.4 is 5.32 Å². The maximum atomic E-state index is 11.0. The van der Waals surface area contributed by atoms with Gasteiger partial charge in [-0.1, -0.05) is 27.6 Å². The second kappa shape index (κ2) is 7.55. The van der Waals surface area contributed by atoms with Gasteiger partial charge in [-0.2, -0.15) is 0 Å². The molecular weight excluding hydrogens is 320 g/mol. The van der Waals surface area contributed by atoms with Crippen molar-refractivity contribution in [1.29, 1.82) is 0 Å². The minimum atomic E-state index is -0.328. The van der Waals surface area contributed by atoms with Gasteiger partial charge in [-0.05, 0) is 50.8 Å². The molecule has 0 radical (unpaired) electrons. The zero-order chi connectivity index (χ0) is 14.4. The van der Waals surface area contributed by atoms with Crippen LogP contribution in [0.25, 0.3) is 0 Å². The Bertz CT molecular complexity index is 515. The van der Waals surface area contributed by atoms with Gasteiger partial charge >= 0.3 is 0 Å². The summed E-state index contributed by atoms with van der Waals surface area (Å²) in [6, 6.07) is 5.20. The Hall–Kier alpha value is -1.20. The lowest BCUT2D eigenvalue weighted by Gasteiger charge is -2.13. The van der Waals surface area contributed by atoms with Crippen LogP contribution in [0.3, 0.4) is 0 Å². The van der Waals surface area contributed by atoms with E-state index in [4.69, 9.17) is 0 Å². The van der Waals surface area contributed by atoms with Crippen LogP contribution in [0.4, 0.5) is 5.69 Å². The Balaban J connectivity index is 1.84. The first kappa shape index (κ1) is 15.2. The topological polar surface area (TPSA) is 55.2 Å². The third kappa shape index (κ3) is 4.42. The molecule has 1 N–H and O–H groups in total. The molecule has 5 heteroatoms. The van der Waals surface area contributed by atoms with Crippen LogP contribution in [0, 0.1) is 10.1 Å². The summed E-state index contributed by atoms with van der Waals surface area (Å²) < 4.78 is 0.736. The number of hydrogen-bond donors (Lipinski definition) is 1. The molecule has 0 aromatic heterocycles. The minimum absolute atomic E-state index is 0.170. The Morgan fingerprint density at radius 3 is 2.90 bits per heavy atom. The summed E-state index contributed by atoms with van der Waals surface area (Å²) >= 11 is 3.27. The second-order valence-electron chi connectivity index (χ2n) is 5.07. The number of nitrogens with zero attached hydrogens (tertiary/aromatic N) is 1. The molecule has 0 saturated carbocycles. The van der Waals surface area contributed by atoms with E-state index in [-0.39, 0.29) is 10.6 Å². The summed E-state index contributed by atoms with van der Waals surface area (Å²) in [6.45, 7) is 1.41. The van der Waals surface area contributed by atoms with Crippen molar-refractivity contribution in [2.45, 2.75) is 38.6 Å². The van der Waals surface area contributed by atoms with Crippen molar-refractivity contribution < 1.29 is 4.92 Å². The Kier molecular flexibility index (Phi) is 5.73. The summed E-state index contributed by atoms with van der Waals surface area (Å²) in [5, 5.41) is 14.3. The fraction of sp³-hybridized carbons (Fsp3) is 0.467. The Morgan fingerprint density at radius 2 is 2.20 bits per heavy atom. The molecule has 4 nitrogen and oxygen atoms in total. The normalized spacial score (nSPS) is 14.9. The number of halogens is 1. The van der Waals surface area contributed by atoms with Crippen LogP contribution in [0.15, 0.2) is 34.3 Å². The fourth-order valence-electron chi connectivity index (χ4n) is 2.46. The Labute approximate surface area is 127 Å². The van der Waals surface area contributed by atoms with Crippen LogP contribution in [0.1, 0.15) is 37.7 Å². The van der Waals surface area contributed by atoms with Crippen LogP contribution in [0.5, 0.6) is 0 Å². The summed E-state index contributed by atoms with van der Waals surface area (Å²) in [5.41, 5.74) is 2.42. The largest absolute Gasteiger partial charge is 0.312 e. The van der Waals surface area contributed by atoms with Gasteiger partial charge in [-0.3, -0.25) is 10.1 Å². The molecule has 1 aliphatic rings. The van der Waals surface area contributed by atoms with Crippen LogP contribution in [-0.2, 0) is 6.54 Å². The van der Waals surface area contributed by atoms with Gasteiger partial charge in [0.2, 0.25) is 0 Å². The second-order valence-corrected chi connectivity index (χ2v) is 5.98. The summed E-state index contributed by atoms with van der Waals surface area (Å²) in [6.07, 6.45) is 8.40. The molecule has 0 atom stereocenters. The number of benzene rings is 1. The molecule has 0 amide bonds. The van der Waals surface area contributed by atoms with Crippen molar-refractivity contribution in [1.82, 2.24) is 5.32 Å². The van der Waals surface area contributed by atoms with Gasteiger partial charge in [-0.15, -0.1) is 0 Å². The highest BCUT2D eigenvalue weighted by atomic mass is 79.9. The molecule has 0 spiro atoms. The third-order valence-corrected chi connectivity index (χ3v) is 4.06. The molecular formula is C15H19BrN2O2. The van der Waals surface area contributed by atoms with Crippen molar-refractivity contribution in [2.75, 3.05) is 6.54 Å². The third-order valence-electron chi connectivity index (χ3n) is 3.57. The maximum absolute atomic E-state index is 11.0. The zero-order valence-corrected chi connectivity index (χ0v) is 13.0. The highest BCUT2D eigenvalue weighted by Gasteiger charge is 2.13.